The van der Waals surface area contributed by atoms with Crippen molar-refractivity contribution in [1.29, 1.82) is 0 Å². The number of halogens is 2. The molecular weight excluding hydrogens is 503 g/mol. The molecular formula is C22H18Cl2N4O5S. The van der Waals surface area contributed by atoms with Crippen molar-refractivity contribution in [2.24, 2.45) is 5.10 Å². The Kier molecular flexibility index (Phi) is 7.87. The van der Waals surface area contributed by atoms with E-state index in [2.05, 4.69) is 10.5 Å². The van der Waals surface area contributed by atoms with Gasteiger partial charge in [0.15, 0.2) is 0 Å². The molecule has 34 heavy (non-hydrogen) atoms. The van der Waals surface area contributed by atoms with Gasteiger partial charge in [0, 0.05) is 33.3 Å². The molecule has 12 heteroatoms. The summed E-state index contributed by atoms with van der Waals surface area (Å²) in [4.78, 5) is 22.7. The first kappa shape index (κ1) is 25.2. The van der Waals surface area contributed by atoms with E-state index in [-0.39, 0.29) is 28.4 Å². The van der Waals surface area contributed by atoms with Crippen LogP contribution in [0.15, 0.2) is 71.8 Å². The monoisotopic (exact) mass is 520 g/mol. The van der Waals surface area contributed by atoms with Gasteiger partial charge in [0.1, 0.15) is 0 Å². The van der Waals surface area contributed by atoms with Crippen LogP contribution in [0.2, 0.25) is 10.0 Å². The summed E-state index contributed by atoms with van der Waals surface area (Å²) in [6.45, 7) is 0.0261. The number of sulfonamides is 1. The van der Waals surface area contributed by atoms with E-state index in [9.17, 15) is 23.3 Å². The number of nitro benzene ring substituents is 1. The lowest BCUT2D eigenvalue weighted by Crippen LogP contribution is -2.29. The second kappa shape index (κ2) is 10.6. The molecule has 0 aromatic heterocycles. The standard InChI is InChI=1S/C22H18Cl2N4O5S/c1-34(32,33)27(14-16-4-2-3-5-20(16)23)18-8-6-15(7-9-18)22(29)26-25-13-17-12-19(28(30)31)10-11-21(17)24/h2-13H,14H2,1H3,(H,26,29)/b25-13+. The Balaban J connectivity index is 1.74. The second-order valence-corrected chi connectivity index (χ2v) is 9.79. The van der Waals surface area contributed by atoms with Crippen LogP contribution in [-0.4, -0.2) is 31.7 Å². The van der Waals surface area contributed by atoms with Crippen molar-refractivity contribution in [3.63, 3.8) is 0 Å². The normalized spacial score (nSPS) is 11.4. The van der Waals surface area contributed by atoms with Crippen molar-refractivity contribution < 1.29 is 18.1 Å². The van der Waals surface area contributed by atoms with Gasteiger partial charge < -0.3 is 0 Å². The highest BCUT2D eigenvalue weighted by molar-refractivity contribution is 7.92. The van der Waals surface area contributed by atoms with Gasteiger partial charge in [-0.25, -0.2) is 13.8 Å². The number of non-ortho nitro benzene ring substituents is 1. The third-order valence-electron chi connectivity index (χ3n) is 4.65. The summed E-state index contributed by atoms with van der Waals surface area (Å²) in [5.41, 5.74) is 3.60. The van der Waals surface area contributed by atoms with Gasteiger partial charge in [-0.1, -0.05) is 41.4 Å². The Labute approximate surface area is 205 Å². The summed E-state index contributed by atoms with van der Waals surface area (Å²) < 4.78 is 25.9. The van der Waals surface area contributed by atoms with Gasteiger partial charge in [-0.05, 0) is 42.0 Å². The van der Waals surface area contributed by atoms with Crippen LogP contribution >= 0.6 is 23.2 Å². The van der Waals surface area contributed by atoms with E-state index in [4.69, 9.17) is 23.2 Å². The quantitative estimate of drug-likeness (QED) is 0.263. The molecule has 1 amide bonds. The predicted molar refractivity (Wildman–Crippen MR) is 132 cm³/mol. The van der Waals surface area contributed by atoms with Crippen molar-refractivity contribution in [1.82, 2.24) is 5.43 Å². The fourth-order valence-electron chi connectivity index (χ4n) is 2.93. The van der Waals surface area contributed by atoms with E-state index in [1.807, 2.05) is 0 Å². The first-order valence-electron chi connectivity index (χ1n) is 9.65. The number of carbonyl (C=O) groups excluding carboxylic acids is 1. The van der Waals surface area contributed by atoms with Gasteiger partial charge in [-0.15, -0.1) is 0 Å². The number of nitro groups is 1. The summed E-state index contributed by atoms with van der Waals surface area (Å²) in [6, 6.07) is 16.6. The maximum Gasteiger partial charge on any atom is 0.271 e. The molecule has 0 aliphatic heterocycles. The van der Waals surface area contributed by atoms with Crippen molar-refractivity contribution in [2.75, 3.05) is 10.6 Å². The minimum Gasteiger partial charge on any atom is -0.267 e. The first-order chi connectivity index (χ1) is 16.1. The molecule has 1 N–H and O–H groups in total. The number of amides is 1. The van der Waals surface area contributed by atoms with E-state index in [0.29, 0.717) is 16.3 Å². The fraction of sp³-hybridized carbons (Fsp3) is 0.0909. The fourth-order valence-corrected chi connectivity index (χ4v) is 4.17. The van der Waals surface area contributed by atoms with Crippen LogP contribution in [0, 0.1) is 10.1 Å². The third-order valence-corrected chi connectivity index (χ3v) is 6.50. The van der Waals surface area contributed by atoms with Crippen LogP contribution in [0.1, 0.15) is 21.5 Å². The first-order valence-corrected chi connectivity index (χ1v) is 12.2. The summed E-state index contributed by atoms with van der Waals surface area (Å²) >= 11 is 12.2. The highest BCUT2D eigenvalue weighted by Gasteiger charge is 2.19. The lowest BCUT2D eigenvalue weighted by atomic mass is 10.2. The van der Waals surface area contributed by atoms with Gasteiger partial charge in [0.05, 0.1) is 29.6 Å². The molecule has 0 spiro atoms. The number of benzene rings is 3. The Bertz CT molecular complexity index is 1360. The van der Waals surface area contributed by atoms with Crippen LogP contribution in [0.5, 0.6) is 0 Å². The number of carbonyl (C=O) groups is 1. The molecule has 0 aliphatic rings. The number of hydrogen-bond acceptors (Lipinski definition) is 6. The number of anilines is 1. The molecule has 0 saturated heterocycles. The SMILES string of the molecule is CS(=O)(=O)N(Cc1ccccc1Cl)c1ccc(C(=O)N/N=C/c2cc([N+](=O)[O-])ccc2Cl)cc1. The molecule has 0 unspecified atom stereocenters. The second-order valence-electron chi connectivity index (χ2n) is 7.07. The maximum absolute atomic E-state index is 12.4. The molecule has 0 radical (unpaired) electrons. The molecule has 3 aromatic carbocycles. The highest BCUT2D eigenvalue weighted by atomic mass is 35.5. The van der Waals surface area contributed by atoms with Crippen LogP contribution < -0.4 is 9.73 Å². The lowest BCUT2D eigenvalue weighted by molar-refractivity contribution is -0.384. The molecule has 3 rings (SSSR count). The van der Waals surface area contributed by atoms with E-state index < -0.39 is 20.9 Å². The van der Waals surface area contributed by atoms with Crippen LogP contribution in [-0.2, 0) is 16.6 Å². The zero-order chi connectivity index (χ0) is 24.9. The Morgan fingerprint density at radius 2 is 1.76 bits per heavy atom. The predicted octanol–water partition coefficient (Wildman–Crippen LogP) is 4.63. The molecule has 176 valence electrons. The Morgan fingerprint density at radius 1 is 1.09 bits per heavy atom. The lowest BCUT2D eigenvalue weighted by Gasteiger charge is -2.23. The zero-order valence-corrected chi connectivity index (χ0v) is 20.0. The van der Waals surface area contributed by atoms with Crippen molar-refractivity contribution in [3.05, 3.63) is 104 Å². The van der Waals surface area contributed by atoms with Crippen LogP contribution in [0.4, 0.5) is 11.4 Å². The van der Waals surface area contributed by atoms with E-state index >= 15 is 0 Å². The zero-order valence-electron chi connectivity index (χ0n) is 17.7. The van der Waals surface area contributed by atoms with E-state index in [0.717, 1.165) is 6.26 Å². The van der Waals surface area contributed by atoms with Gasteiger partial charge in [-0.2, -0.15) is 5.10 Å². The molecule has 9 nitrogen and oxygen atoms in total. The van der Waals surface area contributed by atoms with Gasteiger partial charge in [0.25, 0.3) is 11.6 Å². The molecule has 0 bridgehead atoms. The van der Waals surface area contributed by atoms with E-state index in [1.54, 1.807) is 24.3 Å². The Morgan fingerprint density at radius 3 is 2.38 bits per heavy atom. The van der Waals surface area contributed by atoms with Gasteiger partial charge in [0.2, 0.25) is 10.0 Å². The molecule has 0 fully saturated rings. The molecule has 0 saturated carbocycles. The summed E-state index contributed by atoms with van der Waals surface area (Å²) in [6.07, 6.45) is 2.27. The van der Waals surface area contributed by atoms with Crippen LogP contribution in [0.3, 0.4) is 0 Å². The largest absolute Gasteiger partial charge is 0.271 e. The van der Waals surface area contributed by atoms with Crippen LogP contribution in [0.25, 0.3) is 0 Å². The smallest absolute Gasteiger partial charge is 0.267 e. The highest BCUT2D eigenvalue weighted by Crippen LogP contribution is 2.25. The summed E-state index contributed by atoms with van der Waals surface area (Å²) in [7, 11) is -3.63. The third kappa shape index (κ3) is 6.31. The maximum atomic E-state index is 12.4. The van der Waals surface area contributed by atoms with Crippen molar-refractivity contribution in [3.8, 4) is 0 Å². The minimum absolute atomic E-state index is 0.0261. The topological polar surface area (TPSA) is 122 Å². The van der Waals surface area contributed by atoms with Crippen molar-refractivity contribution >= 4 is 56.7 Å². The molecule has 0 atom stereocenters. The Hall–Kier alpha value is -3.47. The number of hydrogen-bond donors (Lipinski definition) is 1. The number of rotatable bonds is 8. The minimum atomic E-state index is -3.63. The summed E-state index contributed by atoms with van der Waals surface area (Å²) in [5, 5.41) is 15.3. The number of nitrogens with one attached hydrogen (secondary N) is 1. The molecule has 3 aromatic rings. The van der Waals surface area contributed by atoms with E-state index in [1.165, 1.54) is 53.0 Å². The van der Waals surface area contributed by atoms with Gasteiger partial charge in [-0.3, -0.25) is 19.2 Å². The average molecular weight is 521 g/mol. The number of nitrogens with zero attached hydrogens (tertiary/aromatic N) is 3. The van der Waals surface area contributed by atoms with Gasteiger partial charge >= 0.3 is 0 Å². The summed E-state index contributed by atoms with van der Waals surface area (Å²) in [5.74, 6) is -0.568. The number of hydrazone groups is 1. The molecule has 0 aliphatic carbocycles. The molecule has 0 heterocycles. The average Bonchev–Trinajstić information content (AvgIpc) is 2.79. The van der Waals surface area contributed by atoms with Crippen molar-refractivity contribution in [2.45, 2.75) is 6.54 Å².